The van der Waals surface area contributed by atoms with Crippen LogP contribution in [-0.4, -0.2) is 35.5 Å². The number of hydrogen-bond acceptors (Lipinski definition) is 4. The van der Waals surface area contributed by atoms with Gasteiger partial charge < -0.3 is 10.2 Å². The number of carbonyl (C=O) groups is 1. The molecular formula is C17H18F2N4O. The van der Waals surface area contributed by atoms with E-state index in [0.29, 0.717) is 12.5 Å². The van der Waals surface area contributed by atoms with Gasteiger partial charge in [-0.3, -0.25) is 4.79 Å². The largest absolute Gasteiger partial charge is 0.352 e. The Labute approximate surface area is 138 Å². The van der Waals surface area contributed by atoms with Crippen molar-refractivity contribution in [1.29, 1.82) is 0 Å². The molecule has 1 saturated heterocycles. The molecule has 0 aliphatic carbocycles. The first-order valence-electron chi connectivity index (χ1n) is 7.88. The molecule has 1 aliphatic heterocycles. The van der Waals surface area contributed by atoms with Crippen LogP contribution < -0.4 is 10.2 Å². The summed E-state index contributed by atoms with van der Waals surface area (Å²) in [5.74, 6) is -1.29. The second-order valence-corrected chi connectivity index (χ2v) is 5.82. The molecule has 3 rings (SSSR count). The zero-order valence-electron chi connectivity index (χ0n) is 13.1. The number of piperidine rings is 1. The van der Waals surface area contributed by atoms with Crippen LogP contribution in [0.1, 0.15) is 23.2 Å². The summed E-state index contributed by atoms with van der Waals surface area (Å²) in [7, 11) is 0. The highest BCUT2D eigenvalue weighted by Crippen LogP contribution is 2.19. The molecule has 2 heterocycles. The van der Waals surface area contributed by atoms with Crippen molar-refractivity contribution < 1.29 is 13.6 Å². The molecule has 1 aliphatic rings. The molecule has 0 unspecified atom stereocenters. The summed E-state index contributed by atoms with van der Waals surface area (Å²) in [6.45, 7) is 2.17. The van der Waals surface area contributed by atoms with Gasteiger partial charge >= 0.3 is 0 Å². The molecule has 1 N–H and O–H groups in total. The molecule has 5 nitrogen and oxygen atoms in total. The Morgan fingerprint density at radius 2 is 1.88 bits per heavy atom. The number of rotatable bonds is 4. The van der Waals surface area contributed by atoms with Crippen LogP contribution in [0.5, 0.6) is 0 Å². The lowest BCUT2D eigenvalue weighted by Gasteiger charge is -2.31. The first-order valence-corrected chi connectivity index (χ1v) is 7.88. The fourth-order valence-corrected chi connectivity index (χ4v) is 2.77. The number of nitrogens with one attached hydrogen (secondary N) is 1. The van der Waals surface area contributed by atoms with E-state index < -0.39 is 11.6 Å². The monoisotopic (exact) mass is 332 g/mol. The maximum absolute atomic E-state index is 13.2. The van der Waals surface area contributed by atoms with E-state index in [9.17, 15) is 13.6 Å². The van der Waals surface area contributed by atoms with Gasteiger partial charge in [-0.05, 0) is 43.0 Å². The number of nitrogens with zero attached hydrogens (tertiary/aromatic N) is 3. The standard InChI is InChI=1S/C17H18F2N4O/c18-14-3-2-13(10-15(14)19)16(24)22-11-12-4-8-23(9-5-12)17-20-6-1-7-21-17/h1-3,6-7,10,12H,4-5,8-9,11H2,(H,22,24). The Hall–Kier alpha value is -2.57. The van der Waals surface area contributed by atoms with E-state index in [4.69, 9.17) is 0 Å². The molecule has 1 aromatic carbocycles. The number of halogens is 2. The third-order valence-corrected chi connectivity index (χ3v) is 4.18. The van der Waals surface area contributed by atoms with Crippen molar-refractivity contribution in [1.82, 2.24) is 15.3 Å². The molecule has 24 heavy (non-hydrogen) atoms. The predicted molar refractivity (Wildman–Crippen MR) is 85.7 cm³/mol. The van der Waals surface area contributed by atoms with Gasteiger partial charge in [-0.1, -0.05) is 0 Å². The lowest BCUT2D eigenvalue weighted by molar-refractivity contribution is 0.0944. The number of hydrogen-bond donors (Lipinski definition) is 1. The van der Waals surface area contributed by atoms with E-state index in [1.165, 1.54) is 6.07 Å². The Morgan fingerprint density at radius 3 is 2.54 bits per heavy atom. The Balaban J connectivity index is 1.48. The van der Waals surface area contributed by atoms with Crippen LogP contribution >= 0.6 is 0 Å². The normalized spacial score (nSPS) is 15.3. The molecule has 0 saturated carbocycles. The molecule has 7 heteroatoms. The van der Waals surface area contributed by atoms with Crippen LogP contribution in [0.15, 0.2) is 36.7 Å². The van der Waals surface area contributed by atoms with E-state index in [1.807, 2.05) is 0 Å². The van der Waals surface area contributed by atoms with Crippen molar-refractivity contribution in [2.75, 3.05) is 24.5 Å². The Kier molecular flexibility index (Phi) is 4.98. The number of benzene rings is 1. The van der Waals surface area contributed by atoms with E-state index in [1.54, 1.807) is 18.5 Å². The lowest BCUT2D eigenvalue weighted by atomic mass is 9.97. The summed E-state index contributed by atoms with van der Waals surface area (Å²) < 4.78 is 26.1. The molecule has 2 aromatic rings. The highest BCUT2D eigenvalue weighted by molar-refractivity contribution is 5.94. The molecule has 0 atom stereocenters. The van der Waals surface area contributed by atoms with Gasteiger partial charge in [-0.2, -0.15) is 0 Å². The molecular weight excluding hydrogens is 314 g/mol. The molecule has 0 bridgehead atoms. The van der Waals surface area contributed by atoms with E-state index >= 15 is 0 Å². The molecule has 1 amide bonds. The summed E-state index contributed by atoms with van der Waals surface area (Å²) in [5.41, 5.74) is 0.129. The van der Waals surface area contributed by atoms with Crippen LogP contribution in [0.2, 0.25) is 0 Å². The third kappa shape index (κ3) is 3.84. The molecule has 0 spiro atoms. The van der Waals surface area contributed by atoms with Crippen LogP contribution in [0, 0.1) is 17.6 Å². The lowest BCUT2D eigenvalue weighted by Crippen LogP contribution is -2.39. The Bertz CT molecular complexity index is 703. The zero-order chi connectivity index (χ0) is 16.9. The van der Waals surface area contributed by atoms with E-state index in [0.717, 1.165) is 44.0 Å². The van der Waals surface area contributed by atoms with Crippen molar-refractivity contribution in [3.63, 3.8) is 0 Å². The fourth-order valence-electron chi connectivity index (χ4n) is 2.77. The van der Waals surface area contributed by atoms with Crippen LogP contribution in [0.4, 0.5) is 14.7 Å². The molecule has 0 radical (unpaired) electrons. The van der Waals surface area contributed by atoms with Gasteiger partial charge in [-0.15, -0.1) is 0 Å². The average Bonchev–Trinajstić information content (AvgIpc) is 2.63. The van der Waals surface area contributed by atoms with E-state index in [2.05, 4.69) is 20.2 Å². The summed E-state index contributed by atoms with van der Waals surface area (Å²) in [6, 6.07) is 4.94. The van der Waals surface area contributed by atoms with Crippen molar-refractivity contribution in [3.05, 3.63) is 53.9 Å². The zero-order valence-corrected chi connectivity index (χ0v) is 13.1. The molecule has 126 valence electrons. The summed E-state index contributed by atoms with van der Waals surface area (Å²) in [6.07, 6.45) is 5.26. The maximum Gasteiger partial charge on any atom is 0.251 e. The number of anilines is 1. The summed E-state index contributed by atoms with van der Waals surface area (Å²) in [4.78, 5) is 22.6. The minimum absolute atomic E-state index is 0.129. The van der Waals surface area contributed by atoms with Crippen LogP contribution in [0.25, 0.3) is 0 Å². The summed E-state index contributed by atoms with van der Waals surface area (Å²) >= 11 is 0. The molecule has 1 fully saturated rings. The summed E-state index contributed by atoms with van der Waals surface area (Å²) in [5, 5.41) is 2.79. The van der Waals surface area contributed by atoms with Gasteiger partial charge in [0.25, 0.3) is 5.91 Å². The fraction of sp³-hybridized carbons (Fsp3) is 0.353. The predicted octanol–water partition coefficient (Wildman–Crippen LogP) is 2.40. The van der Waals surface area contributed by atoms with Gasteiger partial charge in [0.1, 0.15) is 0 Å². The number of amides is 1. The molecule has 1 aromatic heterocycles. The van der Waals surface area contributed by atoms with Crippen molar-refractivity contribution >= 4 is 11.9 Å². The Morgan fingerprint density at radius 1 is 1.17 bits per heavy atom. The SMILES string of the molecule is O=C(NCC1CCN(c2ncccn2)CC1)c1ccc(F)c(F)c1. The number of carbonyl (C=O) groups excluding carboxylic acids is 1. The van der Waals surface area contributed by atoms with Gasteiger partial charge in [-0.25, -0.2) is 18.7 Å². The number of aromatic nitrogens is 2. The highest BCUT2D eigenvalue weighted by atomic mass is 19.2. The van der Waals surface area contributed by atoms with Gasteiger partial charge in [0.2, 0.25) is 5.95 Å². The first-order chi connectivity index (χ1) is 11.6. The second kappa shape index (κ2) is 7.33. The minimum Gasteiger partial charge on any atom is -0.352 e. The first kappa shape index (κ1) is 16.3. The second-order valence-electron chi connectivity index (χ2n) is 5.82. The maximum atomic E-state index is 13.2. The van der Waals surface area contributed by atoms with Gasteiger partial charge in [0.15, 0.2) is 11.6 Å². The average molecular weight is 332 g/mol. The highest BCUT2D eigenvalue weighted by Gasteiger charge is 2.21. The van der Waals surface area contributed by atoms with Gasteiger partial charge in [0.05, 0.1) is 0 Å². The minimum atomic E-state index is -1.01. The van der Waals surface area contributed by atoms with Crippen molar-refractivity contribution in [3.8, 4) is 0 Å². The van der Waals surface area contributed by atoms with E-state index in [-0.39, 0.29) is 11.5 Å². The van der Waals surface area contributed by atoms with Gasteiger partial charge in [0, 0.05) is 37.6 Å². The smallest absolute Gasteiger partial charge is 0.251 e. The quantitative estimate of drug-likeness (QED) is 0.934. The van der Waals surface area contributed by atoms with Crippen molar-refractivity contribution in [2.45, 2.75) is 12.8 Å². The van der Waals surface area contributed by atoms with Crippen molar-refractivity contribution in [2.24, 2.45) is 5.92 Å². The van der Waals surface area contributed by atoms with Crippen LogP contribution in [-0.2, 0) is 0 Å². The topological polar surface area (TPSA) is 58.1 Å². The third-order valence-electron chi connectivity index (χ3n) is 4.18. The van der Waals surface area contributed by atoms with Crippen LogP contribution in [0.3, 0.4) is 0 Å².